The molecule has 1 amide bonds. The minimum absolute atomic E-state index is 0.0477. The Morgan fingerprint density at radius 1 is 1.04 bits per heavy atom. The number of benzene rings is 2. The van der Waals surface area contributed by atoms with Crippen LogP contribution in [-0.2, 0) is 22.6 Å². The van der Waals surface area contributed by atoms with Gasteiger partial charge >= 0.3 is 6.18 Å². The van der Waals surface area contributed by atoms with Crippen LogP contribution in [0.3, 0.4) is 0 Å². The minimum atomic E-state index is -4.67. The van der Waals surface area contributed by atoms with Crippen molar-refractivity contribution in [3.8, 4) is 0 Å². The van der Waals surface area contributed by atoms with E-state index in [2.05, 4.69) is 0 Å². The molecule has 2 aromatic rings. The molecular formula is C19H18F3NO3S. The van der Waals surface area contributed by atoms with Crippen molar-refractivity contribution < 1.29 is 26.4 Å². The molecule has 4 nitrogen and oxygen atoms in total. The second-order valence-corrected chi connectivity index (χ2v) is 8.75. The van der Waals surface area contributed by atoms with E-state index in [-0.39, 0.29) is 24.5 Å². The van der Waals surface area contributed by atoms with Crippen molar-refractivity contribution in [2.45, 2.75) is 25.2 Å². The van der Waals surface area contributed by atoms with Crippen LogP contribution < -0.4 is 0 Å². The van der Waals surface area contributed by atoms with Gasteiger partial charge in [0.1, 0.15) is 0 Å². The molecule has 1 heterocycles. The Bertz CT molecular complexity index is 927. The van der Waals surface area contributed by atoms with Gasteiger partial charge in [0.2, 0.25) is 0 Å². The molecule has 0 unspecified atom stereocenters. The molecule has 0 N–H and O–H groups in total. The molecule has 0 spiro atoms. The summed E-state index contributed by atoms with van der Waals surface area (Å²) in [4.78, 5) is 14.3. The molecule has 0 saturated carbocycles. The normalized spacial score (nSPS) is 19.0. The Labute approximate surface area is 155 Å². The van der Waals surface area contributed by atoms with E-state index >= 15 is 0 Å². The maximum absolute atomic E-state index is 13.3. The van der Waals surface area contributed by atoms with Crippen LogP contribution in [-0.4, -0.2) is 36.8 Å². The largest absolute Gasteiger partial charge is 0.417 e. The molecule has 0 aliphatic carbocycles. The smallest absolute Gasteiger partial charge is 0.330 e. The number of carbonyl (C=O) groups excluding carboxylic acids is 1. The average Bonchev–Trinajstić information content (AvgIpc) is 2.99. The Kier molecular flexibility index (Phi) is 5.28. The third-order valence-corrected chi connectivity index (χ3v) is 6.32. The van der Waals surface area contributed by atoms with E-state index in [0.29, 0.717) is 0 Å². The highest BCUT2D eigenvalue weighted by molar-refractivity contribution is 7.91. The number of carbonyl (C=O) groups is 1. The zero-order valence-electron chi connectivity index (χ0n) is 14.3. The van der Waals surface area contributed by atoms with E-state index in [1.165, 1.54) is 17.0 Å². The fourth-order valence-corrected chi connectivity index (χ4v) is 4.97. The molecule has 1 fully saturated rings. The van der Waals surface area contributed by atoms with Crippen molar-refractivity contribution in [2.24, 2.45) is 0 Å². The zero-order chi connectivity index (χ0) is 19.7. The number of hydrogen-bond acceptors (Lipinski definition) is 3. The number of sulfone groups is 1. The molecule has 1 aliphatic rings. The summed E-state index contributed by atoms with van der Waals surface area (Å²) < 4.78 is 63.7. The molecule has 0 radical (unpaired) electrons. The van der Waals surface area contributed by atoms with E-state index in [4.69, 9.17) is 0 Å². The fourth-order valence-electron chi connectivity index (χ4n) is 3.24. The van der Waals surface area contributed by atoms with Crippen molar-refractivity contribution in [3.63, 3.8) is 0 Å². The molecule has 0 bridgehead atoms. The van der Waals surface area contributed by atoms with Gasteiger partial charge in [-0.2, -0.15) is 13.2 Å². The molecule has 27 heavy (non-hydrogen) atoms. The third kappa shape index (κ3) is 4.50. The molecule has 1 aliphatic heterocycles. The molecule has 0 aromatic heterocycles. The van der Waals surface area contributed by atoms with E-state index in [1.807, 2.05) is 0 Å². The van der Waals surface area contributed by atoms with Crippen LogP contribution >= 0.6 is 0 Å². The summed E-state index contributed by atoms with van der Waals surface area (Å²) in [6.07, 6.45) is -4.46. The quantitative estimate of drug-likeness (QED) is 0.793. The molecule has 1 saturated heterocycles. The summed E-state index contributed by atoms with van der Waals surface area (Å²) in [6, 6.07) is 12.7. The van der Waals surface area contributed by atoms with Gasteiger partial charge in [-0.3, -0.25) is 4.79 Å². The lowest BCUT2D eigenvalue weighted by Crippen LogP contribution is -2.41. The maximum atomic E-state index is 13.3. The van der Waals surface area contributed by atoms with Crippen molar-refractivity contribution in [3.05, 3.63) is 71.3 Å². The highest BCUT2D eigenvalue weighted by Crippen LogP contribution is 2.33. The third-order valence-electron chi connectivity index (χ3n) is 4.57. The molecule has 3 rings (SSSR count). The number of alkyl halides is 3. The SMILES string of the molecule is O=C(c1ccccc1C(F)(F)F)N(Cc1ccccc1)[C@@H]1CCS(=O)(=O)C1. The highest BCUT2D eigenvalue weighted by atomic mass is 32.2. The van der Waals surface area contributed by atoms with Crippen LogP contribution in [0.1, 0.15) is 27.9 Å². The predicted molar refractivity (Wildman–Crippen MR) is 94.8 cm³/mol. The molecule has 1 atom stereocenters. The van der Waals surface area contributed by atoms with Crippen molar-refractivity contribution in [1.82, 2.24) is 4.90 Å². The van der Waals surface area contributed by atoms with Crippen LogP contribution in [0, 0.1) is 0 Å². The summed E-state index contributed by atoms with van der Waals surface area (Å²) in [6.45, 7) is 0.0477. The minimum Gasteiger partial charge on any atom is -0.330 e. The first-order chi connectivity index (χ1) is 12.7. The summed E-state index contributed by atoms with van der Waals surface area (Å²) in [5.74, 6) is -1.12. The van der Waals surface area contributed by atoms with E-state index in [9.17, 15) is 26.4 Å². The Hall–Kier alpha value is -2.35. The molecule has 8 heteroatoms. The topological polar surface area (TPSA) is 54.5 Å². The number of amides is 1. The first-order valence-electron chi connectivity index (χ1n) is 8.39. The van der Waals surface area contributed by atoms with Gasteiger partial charge in [0.05, 0.1) is 22.6 Å². The van der Waals surface area contributed by atoms with E-state index in [1.54, 1.807) is 30.3 Å². The van der Waals surface area contributed by atoms with Crippen molar-refractivity contribution >= 4 is 15.7 Å². The molecular weight excluding hydrogens is 379 g/mol. The maximum Gasteiger partial charge on any atom is 0.417 e. The Morgan fingerprint density at radius 2 is 1.67 bits per heavy atom. The zero-order valence-corrected chi connectivity index (χ0v) is 15.1. The van der Waals surface area contributed by atoms with E-state index in [0.717, 1.165) is 17.7 Å². The van der Waals surface area contributed by atoms with Crippen LogP contribution in [0.5, 0.6) is 0 Å². The number of rotatable bonds is 4. The van der Waals surface area contributed by atoms with Crippen LogP contribution in [0.25, 0.3) is 0 Å². The fraction of sp³-hybridized carbons (Fsp3) is 0.316. The molecule has 144 valence electrons. The monoisotopic (exact) mass is 397 g/mol. The van der Waals surface area contributed by atoms with Crippen LogP contribution in [0.4, 0.5) is 13.2 Å². The number of nitrogens with zero attached hydrogens (tertiary/aromatic N) is 1. The van der Waals surface area contributed by atoms with Gasteiger partial charge < -0.3 is 4.90 Å². The van der Waals surface area contributed by atoms with Gasteiger partial charge in [-0.25, -0.2) is 8.42 Å². The summed E-state index contributed by atoms with van der Waals surface area (Å²) in [5.41, 5.74) is -0.765. The predicted octanol–water partition coefficient (Wildman–Crippen LogP) is 3.53. The standard InChI is InChI=1S/C19H18F3NO3S/c20-19(21,22)17-9-5-4-8-16(17)18(24)23(12-14-6-2-1-3-7-14)15-10-11-27(25,26)13-15/h1-9,15H,10-13H2/t15-/m1/s1. The lowest BCUT2D eigenvalue weighted by Gasteiger charge is -2.29. The van der Waals surface area contributed by atoms with Gasteiger partial charge in [0.25, 0.3) is 5.91 Å². The van der Waals surface area contributed by atoms with Gasteiger partial charge in [-0.15, -0.1) is 0 Å². The van der Waals surface area contributed by atoms with Crippen molar-refractivity contribution in [1.29, 1.82) is 0 Å². The lowest BCUT2D eigenvalue weighted by molar-refractivity contribution is -0.138. The van der Waals surface area contributed by atoms with Crippen LogP contribution in [0.15, 0.2) is 54.6 Å². The lowest BCUT2D eigenvalue weighted by atomic mass is 10.0. The summed E-state index contributed by atoms with van der Waals surface area (Å²) in [7, 11) is -3.30. The summed E-state index contributed by atoms with van der Waals surface area (Å²) >= 11 is 0. The van der Waals surface area contributed by atoms with Gasteiger partial charge in [-0.05, 0) is 24.1 Å². The number of hydrogen-bond donors (Lipinski definition) is 0. The van der Waals surface area contributed by atoms with Gasteiger partial charge in [0.15, 0.2) is 9.84 Å². The second-order valence-electron chi connectivity index (χ2n) is 6.52. The average molecular weight is 397 g/mol. The first-order valence-corrected chi connectivity index (χ1v) is 10.2. The van der Waals surface area contributed by atoms with E-state index < -0.39 is 39.1 Å². The number of halogens is 3. The first kappa shape index (κ1) is 19.4. The second kappa shape index (κ2) is 7.34. The van der Waals surface area contributed by atoms with Gasteiger partial charge in [-0.1, -0.05) is 42.5 Å². The molecule has 2 aromatic carbocycles. The Morgan fingerprint density at radius 3 is 2.26 bits per heavy atom. The van der Waals surface area contributed by atoms with Gasteiger partial charge in [0, 0.05) is 12.6 Å². The van der Waals surface area contributed by atoms with Crippen molar-refractivity contribution in [2.75, 3.05) is 11.5 Å². The Balaban J connectivity index is 1.99. The highest BCUT2D eigenvalue weighted by Gasteiger charge is 2.39. The van der Waals surface area contributed by atoms with Crippen LogP contribution in [0.2, 0.25) is 0 Å². The summed E-state index contributed by atoms with van der Waals surface area (Å²) in [5, 5.41) is 0.